The molecule has 1 N–H and O–H groups in total. The van der Waals surface area contributed by atoms with Gasteiger partial charge in [-0.05, 0) is 54.3 Å². The molecule has 1 saturated heterocycles. The average molecular weight is 294 g/mol. The molecule has 1 unspecified atom stereocenters. The van der Waals surface area contributed by atoms with Crippen LogP contribution in [0.1, 0.15) is 37.4 Å². The molecule has 3 nitrogen and oxygen atoms in total. The van der Waals surface area contributed by atoms with Crippen LogP contribution in [0, 0.1) is 0 Å². The molecule has 102 valence electrons. The zero-order valence-corrected chi connectivity index (χ0v) is 12.6. The van der Waals surface area contributed by atoms with Crippen molar-refractivity contribution < 1.29 is 4.79 Å². The van der Waals surface area contributed by atoms with Crippen LogP contribution in [0.2, 0.25) is 0 Å². The Morgan fingerprint density at radius 2 is 2.26 bits per heavy atom. The highest BCUT2D eigenvalue weighted by molar-refractivity contribution is 8.00. The Balaban J connectivity index is 1.63. The molecule has 1 spiro atoms. The number of hydrogen-bond donors (Lipinski definition) is 1. The molecule has 2 saturated carbocycles. The summed E-state index contributed by atoms with van der Waals surface area (Å²) >= 11 is 3.63. The van der Waals surface area contributed by atoms with Crippen molar-refractivity contribution in [2.45, 2.75) is 42.1 Å². The first-order valence-electron chi connectivity index (χ1n) is 6.84. The summed E-state index contributed by atoms with van der Waals surface area (Å²) in [4.78, 5) is 14.8. The first kappa shape index (κ1) is 12.2. The maximum Gasteiger partial charge on any atom is 0.244 e. The van der Waals surface area contributed by atoms with E-state index in [9.17, 15) is 4.79 Å². The van der Waals surface area contributed by atoms with Crippen LogP contribution in [0.4, 0.5) is 0 Å². The van der Waals surface area contributed by atoms with E-state index in [1.807, 2.05) is 11.8 Å². The molecule has 2 aliphatic carbocycles. The molecule has 5 heteroatoms. The van der Waals surface area contributed by atoms with Gasteiger partial charge in [0.05, 0.1) is 0 Å². The minimum absolute atomic E-state index is 0.103. The third-order valence-electron chi connectivity index (χ3n) is 4.70. The molecule has 1 atom stereocenters. The van der Waals surface area contributed by atoms with Gasteiger partial charge in [-0.25, -0.2) is 0 Å². The Labute approximate surface area is 121 Å². The maximum absolute atomic E-state index is 12.7. The zero-order valence-electron chi connectivity index (χ0n) is 11.0. The van der Waals surface area contributed by atoms with Gasteiger partial charge in [0, 0.05) is 11.3 Å². The normalized spacial score (nSPS) is 30.1. The zero-order chi connectivity index (χ0) is 13.1. The van der Waals surface area contributed by atoms with Crippen LogP contribution in [0.3, 0.4) is 0 Å². The second-order valence-corrected chi connectivity index (χ2v) is 8.06. The number of carbonyl (C=O) groups excluding carboxylic acids is 1. The van der Waals surface area contributed by atoms with Crippen molar-refractivity contribution in [2.24, 2.45) is 0 Å². The SMILES string of the molecule is CSC1(CN2C(=O)C3(CC3)NC2c2ccsc2)CC1. The fourth-order valence-electron chi connectivity index (χ4n) is 3.01. The Morgan fingerprint density at radius 1 is 1.47 bits per heavy atom. The summed E-state index contributed by atoms with van der Waals surface area (Å²) in [6.45, 7) is 0.905. The Kier molecular flexibility index (Phi) is 2.57. The topological polar surface area (TPSA) is 32.3 Å². The average Bonchev–Trinajstić information content (AvgIpc) is 3.30. The number of rotatable bonds is 4. The largest absolute Gasteiger partial charge is 0.320 e. The first-order chi connectivity index (χ1) is 9.18. The number of nitrogens with zero attached hydrogens (tertiary/aromatic N) is 1. The highest BCUT2D eigenvalue weighted by Crippen LogP contribution is 2.52. The Bertz CT molecular complexity index is 506. The summed E-state index contributed by atoms with van der Waals surface area (Å²) in [5.74, 6) is 0.337. The fourth-order valence-corrected chi connectivity index (χ4v) is 4.47. The monoisotopic (exact) mass is 294 g/mol. The lowest BCUT2D eigenvalue weighted by atomic mass is 10.2. The smallest absolute Gasteiger partial charge is 0.244 e. The molecule has 2 heterocycles. The molecule has 1 aromatic rings. The van der Waals surface area contributed by atoms with E-state index < -0.39 is 0 Å². The molecule has 0 aromatic carbocycles. The predicted molar refractivity (Wildman–Crippen MR) is 79.4 cm³/mol. The minimum Gasteiger partial charge on any atom is -0.320 e. The van der Waals surface area contributed by atoms with Crippen molar-refractivity contribution in [1.82, 2.24) is 10.2 Å². The van der Waals surface area contributed by atoms with Gasteiger partial charge in [0.15, 0.2) is 0 Å². The standard InChI is InChI=1S/C14H18N2OS2/c1-18-13(3-4-13)9-16-11(10-2-7-19-8-10)15-14(5-6-14)12(16)17/h2,7-8,11,15H,3-6,9H2,1H3. The summed E-state index contributed by atoms with van der Waals surface area (Å²) in [5, 5.41) is 7.85. The van der Waals surface area contributed by atoms with Gasteiger partial charge in [0.2, 0.25) is 5.91 Å². The van der Waals surface area contributed by atoms with Crippen LogP contribution < -0.4 is 5.32 Å². The van der Waals surface area contributed by atoms with E-state index in [-0.39, 0.29) is 11.7 Å². The summed E-state index contributed by atoms with van der Waals surface area (Å²) in [5.41, 5.74) is 1.04. The van der Waals surface area contributed by atoms with Gasteiger partial charge >= 0.3 is 0 Å². The molecule has 0 radical (unpaired) electrons. The number of nitrogens with one attached hydrogen (secondary N) is 1. The molecule has 1 aromatic heterocycles. The van der Waals surface area contributed by atoms with Crippen molar-refractivity contribution in [1.29, 1.82) is 0 Å². The Morgan fingerprint density at radius 3 is 2.79 bits per heavy atom. The predicted octanol–water partition coefficient (Wildman–Crippen LogP) is 2.61. The molecule has 3 fully saturated rings. The minimum atomic E-state index is -0.207. The van der Waals surface area contributed by atoms with E-state index in [4.69, 9.17) is 0 Å². The van der Waals surface area contributed by atoms with Gasteiger partial charge in [-0.3, -0.25) is 10.1 Å². The maximum atomic E-state index is 12.7. The van der Waals surface area contributed by atoms with E-state index in [2.05, 4.69) is 33.3 Å². The summed E-state index contributed by atoms with van der Waals surface area (Å²) in [6.07, 6.45) is 6.80. The van der Waals surface area contributed by atoms with Gasteiger partial charge in [-0.1, -0.05) is 0 Å². The third kappa shape index (κ3) is 1.86. The van der Waals surface area contributed by atoms with E-state index >= 15 is 0 Å². The van der Waals surface area contributed by atoms with Crippen molar-refractivity contribution in [3.63, 3.8) is 0 Å². The van der Waals surface area contributed by atoms with Crippen LogP contribution >= 0.6 is 23.1 Å². The quantitative estimate of drug-likeness (QED) is 0.926. The number of carbonyl (C=O) groups is 1. The first-order valence-corrected chi connectivity index (χ1v) is 9.01. The fraction of sp³-hybridized carbons (Fsp3) is 0.643. The van der Waals surface area contributed by atoms with Gasteiger partial charge in [0.25, 0.3) is 0 Å². The summed E-state index contributed by atoms with van der Waals surface area (Å²) in [7, 11) is 0. The van der Waals surface area contributed by atoms with Crippen molar-refractivity contribution in [3.8, 4) is 0 Å². The molecule has 0 bridgehead atoms. The lowest BCUT2D eigenvalue weighted by molar-refractivity contribution is -0.130. The third-order valence-corrected chi connectivity index (χ3v) is 6.81. The van der Waals surface area contributed by atoms with Crippen LogP contribution in [0.25, 0.3) is 0 Å². The van der Waals surface area contributed by atoms with Gasteiger partial charge in [-0.15, -0.1) is 0 Å². The lowest BCUT2D eigenvalue weighted by Gasteiger charge is -2.27. The van der Waals surface area contributed by atoms with Gasteiger partial charge < -0.3 is 4.90 Å². The molecule has 4 rings (SSSR count). The lowest BCUT2D eigenvalue weighted by Crippen LogP contribution is -2.37. The van der Waals surface area contributed by atoms with E-state index in [1.165, 1.54) is 18.4 Å². The van der Waals surface area contributed by atoms with E-state index in [0.29, 0.717) is 10.7 Å². The molecular formula is C14H18N2OS2. The number of hydrogen-bond acceptors (Lipinski definition) is 4. The van der Waals surface area contributed by atoms with Gasteiger partial charge in [0.1, 0.15) is 11.7 Å². The summed E-state index contributed by atoms with van der Waals surface area (Å²) in [6, 6.07) is 2.14. The van der Waals surface area contributed by atoms with E-state index in [1.54, 1.807) is 11.3 Å². The second-order valence-electron chi connectivity index (χ2n) is 6.01. The highest BCUT2D eigenvalue weighted by Gasteiger charge is 2.61. The number of thiophene rings is 1. The molecule has 19 heavy (non-hydrogen) atoms. The van der Waals surface area contributed by atoms with Crippen LogP contribution in [-0.2, 0) is 4.79 Å². The second kappa shape index (κ2) is 3.99. The molecule has 1 aliphatic heterocycles. The number of thioether (sulfide) groups is 1. The van der Waals surface area contributed by atoms with Crippen molar-refractivity contribution in [3.05, 3.63) is 22.4 Å². The number of amides is 1. The Hall–Kier alpha value is -0.520. The molecule has 1 amide bonds. The van der Waals surface area contributed by atoms with Crippen molar-refractivity contribution >= 4 is 29.0 Å². The van der Waals surface area contributed by atoms with Crippen molar-refractivity contribution in [2.75, 3.05) is 12.8 Å². The molecule has 3 aliphatic rings. The molecular weight excluding hydrogens is 276 g/mol. The van der Waals surface area contributed by atoms with Crippen LogP contribution in [0.5, 0.6) is 0 Å². The van der Waals surface area contributed by atoms with E-state index in [0.717, 1.165) is 19.4 Å². The van der Waals surface area contributed by atoms with Crippen LogP contribution in [-0.4, -0.2) is 33.9 Å². The van der Waals surface area contributed by atoms with Crippen LogP contribution in [0.15, 0.2) is 16.8 Å². The highest BCUT2D eigenvalue weighted by atomic mass is 32.2. The van der Waals surface area contributed by atoms with Gasteiger partial charge in [-0.2, -0.15) is 23.1 Å². The summed E-state index contributed by atoms with van der Waals surface area (Å²) < 4.78 is 0.339.